The second-order valence-electron chi connectivity index (χ2n) is 8.15. The average molecular weight is 448 g/mol. The van der Waals surface area contributed by atoms with Gasteiger partial charge in [0.25, 0.3) is 5.91 Å². The fourth-order valence-corrected chi connectivity index (χ4v) is 4.93. The monoisotopic (exact) mass is 447 g/mol. The summed E-state index contributed by atoms with van der Waals surface area (Å²) in [5.41, 5.74) is 0.627. The Balaban J connectivity index is 1.56. The van der Waals surface area contributed by atoms with Crippen LogP contribution in [-0.2, 0) is 26.1 Å². The van der Waals surface area contributed by atoms with Gasteiger partial charge in [-0.15, -0.1) is 0 Å². The zero-order valence-electron chi connectivity index (χ0n) is 16.7. The Kier molecular flexibility index (Phi) is 5.80. The zero-order chi connectivity index (χ0) is 21.4. The minimum atomic E-state index is -1.26. The summed E-state index contributed by atoms with van der Waals surface area (Å²) in [6.07, 6.45) is 1.76. The largest absolute Gasteiger partial charge is 0.445 e. The fourth-order valence-electron chi connectivity index (χ4n) is 4.32. The summed E-state index contributed by atoms with van der Waals surface area (Å²) in [6.45, 7) is 3.18. The van der Waals surface area contributed by atoms with Crippen LogP contribution in [0.1, 0.15) is 41.3 Å². The summed E-state index contributed by atoms with van der Waals surface area (Å²) in [7, 11) is 0. The average Bonchev–Trinajstić information content (AvgIpc) is 2.72. The Hall–Kier alpha value is -2.08. The van der Waals surface area contributed by atoms with Crippen molar-refractivity contribution in [3.05, 3.63) is 69.2 Å². The van der Waals surface area contributed by atoms with Gasteiger partial charge >= 0.3 is 5.97 Å². The molecule has 0 saturated carbocycles. The number of nitrogens with one attached hydrogen (secondary N) is 1. The van der Waals surface area contributed by atoms with Crippen molar-refractivity contribution >= 4 is 35.1 Å². The quantitative estimate of drug-likeness (QED) is 0.708. The lowest BCUT2D eigenvalue weighted by Gasteiger charge is -2.40. The van der Waals surface area contributed by atoms with E-state index in [4.69, 9.17) is 32.7 Å². The molecule has 5 nitrogen and oxygen atoms in total. The first-order chi connectivity index (χ1) is 14.3. The molecule has 0 radical (unpaired) electrons. The third kappa shape index (κ3) is 3.94. The van der Waals surface area contributed by atoms with Gasteiger partial charge in [-0.1, -0.05) is 47.5 Å². The van der Waals surface area contributed by atoms with Crippen LogP contribution >= 0.6 is 23.2 Å². The van der Waals surface area contributed by atoms with Crippen LogP contribution in [0, 0.1) is 0 Å². The highest BCUT2D eigenvalue weighted by Crippen LogP contribution is 2.39. The molecule has 0 bridgehead atoms. The minimum Gasteiger partial charge on any atom is -0.445 e. The van der Waals surface area contributed by atoms with Gasteiger partial charge in [0.05, 0.1) is 5.56 Å². The van der Waals surface area contributed by atoms with Gasteiger partial charge in [-0.3, -0.25) is 4.79 Å². The summed E-state index contributed by atoms with van der Waals surface area (Å²) in [5, 5.41) is 4.17. The maximum atomic E-state index is 13.2. The molecule has 158 valence electrons. The summed E-state index contributed by atoms with van der Waals surface area (Å²) >= 11 is 12.6. The Morgan fingerprint density at radius 1 is 1.13 bits per heavy atom. The maximum Gasteiger partial charge on any atom is 0.339 e. The number of amides is 1. The fraction of sp³-hybridized carbons (Fsp3) is 0.391. The summed E-state index contributed by atoms with van der Waals surface area (Å²) in [4.78, 5) is 25.6. The minimum absolute atomic E-state index is 0.318. The number of benzene rings is 2. The van der Waals surface area contributed by atoms with E-state index < -0.39 is 11.6 Å². The van der Waals surface area contributed by atoms with E-state index in [9.17, 15) is 9.59 Å². The van der Waals surface area contributed by atoms with Crippen LogP contribution in [0.2, 0.25) is 10.0 Å². The van der Waals surface area contributed by atoms with Crippen LogP contribution in [-0.4, -0.2) is 37.2 Å². The molecule has 1 unspecified atom stereocenters. The zero-order valence-corrected chi connectivity index (χ0v) is 18.2. The molecule has 1 fully saturated rings. The van der Waals surface area contributed by atoms with Crippen molar-refractivity contribution in [1.82, 2.24) is 5.32 Å². The van der Waals surface area contributed by atoms with E-state index in [1.54, 1.807) is 25.1 Å². The normalized spacial score (nSPS) is 22.7. The summed E-state index contributed by atoms with van der Waals surface area (Å²) in [5.74, 6) is -0.794. The van der Waals surface area contributed by atoms with Gasteiger partial charge in [0.2, 0.25) is 0 Å². The van der Waals surface area contributed by atoms with Gasteiger partial charge in [-0.2, -0.15) is 0 Å². The molecule has 2 heterocycles. The molecule has 30 heavy (non-hydrogen) atoms. The first-order valence-electron chi connectivity index (χ1n) is 9.96. The number of hydrogen-bond acceptors (Lipinski definition) is 4. The standard InChI is InChI=1S/C23H23Cl2NO4/c1-22(13-15-4-2-3-5-17(15)20(27)30-22)21(28)26-14-23(8-10-29-11-9-23)18-7-6-16(24)12-19(18)25/h2-7,12H,8-11,13-14H2,1H3,(H,26,28). The SMILES string of the molecule is CC1(C(=O)NCC2(c3ccc(Cl)cc3Cl)CCOCC2)Cc2ccccc2C(=O)O1. The second kappa shape index (κ2) is 8.22. The number of rotatable bonds is 4. The predicted octanol–water partition coefficient (Wildman–Crippen LogP) is 4.33. The number of carbonyl (C=O) groups excluding carboxylic acids is 2. The van der Waals surface area contributed by atoms with Crippen molar-refractivity contribution in [2.24, 2.45) is 0 Å². The molecular formula is C23H23Cl2NO4. The second-order valence-corrected chi connectivity index (χ2v) is 9.00. The van der Waals surface area contributed by atoms with E-state index in [0.29, 0.717) is 54.6 Å². The van der Waals surface area contributed by atoms with E-state index in [0.717, 1.165) is 11.1 Å². The lowest BCUT2D eigenvalue weighted by Crippen LogP contribution is -2.55. The Morgan fingerprint density at radius 3 is 2.60 bits per heavy atom. The molecule has 2 aliphatic rings. The number of carbonyl (C=O) groups is 2. The van der Waals surface area contributed by atoms with Crippen LogP contribution in [0.25, 0.3) is 0 Å². The Morgan fingerprint density at radius 2 is 1.87 bits per heavy atom. The Labute approximate surface area is 185 Å². The highest BCUT2D eigenvalue weighted by Gasteiger charge is 2.44. The highest BCUT2D eigenvalue weighted by atomic mass is 35.5. The predicted molar refractivity (Wildman–Crippen MR) is 115 cm³/mol. The van der Waals surface area contributed by atoms with Gasteiger partial charge in [-0.25, -0.2) is 4.79 Å². The van der Waals surface area contributed by atoms with Crippen molar-refractivity contribution in [3.8, 4) is 0 Å². The third-order valence-electron chi connectivity index (χ3n) is 6.10. The van der Waals surface area contributed by atoms with E-state index in [2.05, 4.69) is 5.32 Å². The van der Waals surface area contributed by atoms with Gasteiger partial charge < -0.3 is 14.8 Å². The lowest BCUT2D eigenvalue weighted by molar-refractivity contribution is -0.140. The van der Waals surface area contributed by atoms with E-state index in [1.807, 2.05) is 24.3 Å². The first kappa shape index (κ1) is 21.2. The molecule has 1 saturated heterocycles. The van der Waals surface area contributed by atoms with Crippen LogP contribution < -0.4 is 5.32 Å². The molecule has 0 aliphatic carbocycles. The molecule has 2 aromatic carbocycles. The number of hydrogen-bond donors (Lipinski definition) is 1. The van der Waals surface area contributed by atoms with Crippen LogP contribution in [0.3, 0.4) is 0 Å². The molecule has 1 atom stereocenters. The molecule has 2 aliphatic heterocycles. The number of esters is 1. The number of halogens is 2. The Bertz CT molecular complexity index is 987. The molecule has 7 heteroatoms. The smallest absolute Gasteiger partial charge is 0.339 e. The molecule has 0 aromatic heterocycles. The molecule has 4 rings (SSSR count). The maximum absolute atomic E-state index is 13.2. The van der Waals surface area contributed by atoms with Crippen molar-refractivity contribution in [1.29, 1.82) is 0 Å². The van der Waals surface area contributed by atoms with Gasteiger partial charge in [0.15, 0.2) is 5.60 Å². The molecule has 1 N–H and O–H groups in total. The van der Waals surface area contributed by atoms with E-state index >= 15 is 0 Å². The topological polar surface area (TPSA) is 64.6 Å². The van der Waals surface area contributed by atoms with Gasteiger partial charge in [-0.05, 0) is 49.1 Å². The number of ether oxygens (including phenoxy) is 2. The van der Waals surface area contributed by atoms with Crippen molar-refractivity contribution in [2.45, 2.75) is 37.2 Å². The van der Waals surface area contributed by atoms with Crippen molar-refractivity contribution in [2.75, 3.05) is 19.8 Å². The van der Waals surface area contributed by atoms with Crippen LogP contribution in [0.4, 0.5) is 0 Å². The third-order valence-corrected chi connectivity index (χ3v) is 6.65. The van der Waals surface area contributed by atoms with Crippen molar-refractivity contribution < 1.29 is 19.1 Å². The molecular weight excluding hydrogens is 425 g/mol. The van der Waals surface area contributed by atoms with Crippen LogP contribution in [0.15, 0.2) is 42.5 Å². The first-order valence-corrected chi connectivity index (χ1v) is 10.7. The lowest BCUT2D eigenvalue weighted by atomic mass is 9.74. The molecule has 1 amide bonds. The summed E-state index contributed by atoms with van der Waals surface area (Å²) < 4.78 is 11.1. The molecule has 2 aromatic rings. The summed E-state index contributed by atoms with van der Waals surface area (Å²) in [6, 6.07) is 12.7. The van der Waals surface area contributed by atoms with Crippen molar-refractivity contribution in [3.63, 3.8) is 0 Å². The number of fused-ring (bicyclic) bond motifs is 1. The van der Waals surface area contributed by atoms with E-state index in [1.165, 1.54) is 0 Å². The highest BCUT2D eigenvalue weighted by molar-refractivity contribution is 6.35. The van der Waals surface area contributed by atoms with Crippen LogP contribution in [0.5, 0.6) is 0 Å². The number of cyclic esters (lactones) is 1. The van der Waals surface area contributed by atoms with E-state index in [-0.39, 0.29) is 11.3 Å². The van der Waals surface area contributed by atoms with Gasteiger partial charge in [0, 0.05) is 41.6 Å². The van der Waals surface area contributed by atoms with Gasteiger partial charge in [0.1, 0.15) is 0 Å². The molecule has 0 spiro atoms.